The molecule has 6 rings (SSSR count). The zero-order chi connectivity index (χ0) is 26.7. The third-order valence-electron chi connectivity index (χ3n) is 6.99. The number of aliphatic imine (C=N–C) groups is 1. The Hall–Kier alpha value is -4.26. The summed E-state index contributed by atoms with van der Waals surface area (Å²) in [5.74, 6) is 2.06. The van der Waals surface area contributed by atoms with Crippen LogP contribution in [0.5, 0.6) is 11.5 Å². The molecule has 5 heterocycles. The number of aromatic nitrogens is 3. The van der Waals surface area contributed by atoms with Gasteiger partial charge in [0.1, 0.15) is 11.4 Å². The molecule has 7 heteroatoms. The van der Waals surface area contributed by atoms with Crippen LogP contribution in [0.25, 0.3) is 17.2 Å². The lowest BCUT2D eigenvalue weighted by Crippen LogP contribution is -2.31. The summed E-state index contributed by atoms with van der Waals surface area (Å²) in [5.41, 5.74) is 5.66. The molecule has 38 heavy (non-hydrogen) atoms. The number of pyridine rings is 3. The van der Waals surface area contributed by atoms with Gasteiger partial charge in [-0.25, -0.2) is 4.98 Å². The summed E-state index contributed by atoms with van der Waals surface area (Å²) in [7, 11) is 1.68. The van der Waals surface area contributed by atoms with E-state index in [4.69, 9.17) is 19.5 Å². The predicted octanol–water partition coefficient (Wildman–Crippen LogP) is 5.19. The Morgan fingerprint density at radius 2 is 1.79 bits per heavy atom. The number of rotatable bonds is 4. The van der Waals surface area contributed by atoms with Gasteiger partial charge < -0.3 is 9.47 Å². The maximum absolute atomic E-state index is 13.1. The Bertz CT molecular complexity index is 1650. The van der Waals surface area contributed by atoms with Crippen molar-refractivity contribution in [2.24, 2.45) is 4.99 Å². The maximum Gasteiger partial charge on any atom is 0.256 e. The molecule has 192 valence electrons. The van der Waals surface area contributed by atoms with Gasteiger partial charge >= 0.3 is 0 Å². The summed E-state index contributed by atoms with van der Waals surface area (Å²) in [5, 5.41) is 0. The van der Waals surface area contributed by atoms with Crippen molar-refractivity contribution < 1.29 is 9.47 Å². The van der Waals surface area contributed by atoms with E-state index in [0.29, 0.717) is 11.5 Å². The van der Waals surface area contributed by atoms with E-state index in [1.807, 2.05) is 48.7 Å². The lowest BCUT2D eigenvalue weighted by Gasteiger charge is -2.31. The summed E-state index contributed by atoms with van der Waals surface area (Å²) >= 11 is 0. The van der Waals surface area contributed by atoms with Crippen LogP contribution in [0.4, 0.5) is 0 Å². The highest BCUT2D eigenvalue weighted by Gasteiger charge is 2.39. The van der Waals surface area contributed by atoms with Gasteiger partial charge in [-0.1, -0.05) is 12.1 Å². The van der Waals surface area contributed by atoms with Crippen LogP contribution in [0, 0.1) is 0 Å². The molecule has 0 saturated heterocycles. The summed E-state index contributed by atoms with van der Waals surface area (Å²) in [6, 6.07) is 16.8. The average Bonchev–Trinajstić information content (AvgIpc) is 3.22. The molecular formula is C31H30N4O3. The van der Waals surface area contributed by atoms with Gasteiger partial charge in [-0.3, -0.25) is 19.3 Å². The number of methoxy groups -OCH3 is 1. The van der Waals surface area contributed by atoms with Crippen LogP contribution in [0.2, 0.25) is 0 Å². The van der Waals surface area contributed by atoms with E-state index in [1.54, 1.807) is 23.9 Å². The summed E-state index contributed by atoms with van der Waals surface area (Å²) < 4.78 is 13.7. The van der Waals surface area contributed by atoms with E-state index in [0.717, 1.165) is 52.4 Å². The molecular weight excluding hydrogens is 476 g/mol. The lowest BCUT2D eigenvalue weighted by atomic mass is 9.81. The second-order valence-electron chi connectivity index (χ2n) is 11.1. The Morgan fingerprint density at radius 3 is 2.55 bits per heavy atom. The normalized spacial score (nSPS) is 16.7. The second-order valence-corrected chi connectivity index (χ2v) is 11.1. The van der Waals surface area contributed by atoms with E-state index in [-0.39, 0.29) is 16.7 Å². The minimum Gasteiger partial charge on any atom is -0.493 e. The van der Waals surface area contributed by atoms with Crippen LogP contribution < -0.4 is 15.0 Å². The number of nitrogens with zero attached hydrogens (tertiary/aromatic N) is 4. The number of hydrogen-bond acceptors (Lipinski definition) is 6. The van der Waals surface area contributed by atoms with Crippen LogP contribution in [-0.2, 0) is 12.8 Å². The van der Waals surface area contributed by atoms with Gasteiger partial charge in [0.05, 0.1) is 29.7 Å². The van der Waals surface area contributed by atoms with Gasteiger partial charge in [0.25, 0.3) is 5.56 Å². The molecule has 0 amide bonds. The first-order valence-electron chi connectivity index (χ1n) is 12.8. The fourth-order valence-corrected chi connectivity index (χ4v) is 5.45. The Labute approximate surface area is 221 Å². The molecule has 0 saturated carbocycles. The molecule has 0 spiro atoms. The monoisotopic (exact) mass is 506 g/mol. The molecule has 2 aliphatic heterocycles. The minimum absolute atomic E-state index is 0.167. The van der Waals surface area contributed by atoms with Gasteiger partial charge in [-0.2, -0.15) is 0 Å². The van der Waals surface area contributed by atoms with Crippen molar-refractivity contribution >= 4 is 5.71 Å². The molecule has 7 nitrogen and oxygen atoms in total. The highest BCUT2D eigenvalue weighted by Crippen LogP contribution is 2.47. The van der Waals surface area contributed by atoms with Gasteiger partial charge in [-0.15, -0.1) is 0 Å². The highest BCUT2D eigenvalue weighted by molar-refractivity contribution is 6.16. The molecule has 4 aromatic rings. The van der Waals surface area contributed by atoms with Crippen molar-refractivity contribution in [1.29, 1.82) is 0 Å². The molecule has 2 aliphatic rings. The molecule has 0 radical (unpaired) electrons. The van der Waals surface area contributed by atoms with Gasteiger partial charge in [0.15, 0.2) is 11.5 Å². The first-order chi connectivity index (χ1) is 18.1. The topological polar surface area (TPSA) is 78.6 Å². The van der Waals surface area contributed by atoms with Crippen molar-refractivity contribution in [1.82, 2.24) is 14.5 Å². The number of benzene rings is 1. The van der Waals surface area contributed by atoms with Crippen LogP contribution >= 0.6 is 0 Å². The van der Waals surface area contributed by atoms with Crippen LogP contribution in [0.1, 0.15) is 49.9 Å². The summed E-state index contributed by atoms with van der Waals surface area (Å²) in [6.45, 7) is 8.43. The first kappa shape index (κ1) is 24.1. The Balaban J connectivity index is 1.52. The minimum atomic E-state index is -0.350. The fraction of sp³-hybridized carbons (Fsp3) is 0.290. The molecule has 0 bridgehead atoms. The molecule has 3 aromatic heterocycles. The Morgan fingerprint density at radius 1 is 0.974 bits per heavy atom. The summed E-state index contributed by atoms with van der Waals surface area (Å²) in [4.78, 5) is 27.4. The smallest absolute Gasteiger partial charge is 0.256 e. The molecule has 0 fully saturated rings. The van der Waals surface area contributed by atoms with Crippen molar-refractivity contribution in [3.63, 3.8) is 0 Å². The number of ether oxygens (including phenoxy) is 2. The predicted molar refractivity (Wildman–Crippen MR) is 148 cm³/mol. The molecule has 0 unspecified atom stereocenters. The third-order valence-corrected chi connectivity index (χ3v) is 6.99. The van der Waals surface area contributed by atoms with E-state index >= 15 is 0 Å². The van der Waals surface area contributed by atoms with Crippen molar-refractivity contribution in [2.75, 3.05) is 7.11 Å². The maximum atomic E-state index is 13.1. The van der Waals surface area contributed by atoms with Crippen LogP contribution in [0.3, 0.4) is 0 Å². The number of hydrogen-bond donors (Lipinski definition) is 0. The van der Waals surface area contributed by atoms with Crippen molar-refractivity contribution in [2.45, 2.75) is 51.7 Å². The third kappa shape index (κ3) is 4.18. The average molecular weight is 507 g/mol. The number of fused-ring (bicyclic) bond motifs is 3. The molecule has 0 aliphatic carbocycles. The van der Waals surface area contributed by atoms with E-state index in [1.165, 1.54) is 5.56 Å². The quantitative estimate of drug-likeness (QED) is 0.381. The van der Waals surface area contributed by atoms with Gasteiger partial charge in [0, 0.05) is 41.6 Å². The highest BCUT2D eigenvalue weighted by atomic mass is 16.5. The zero-order valence-electron chi connectivity index (χ0n) is 22.3. The zero-order valence-corrected chi connectivity index (χ0v) is 22.3. The molecule has 1 aromatic carbocycles. The standard InChI is InChI=1S/C31H30N4O3/c1-30(2)16-20-15-24(37-5)29-21(17-31(3,4)38-29)27(20)28(34-30)19-12-13-26(36)35(18-19)25-11-8-10-23(33-25)22-9-6-7-14-32-22/h6-15,18H,16-17H2,1-5H3. The van der Waals surface area contributed by atoms with E-state index < -0.39 is 0 Å². The van der Waals surface area contributed by atoms with Crippen molar-refractivity contribution in [3.8, 4) is 28.7 Å². The lowest BCUT2D eigenvalue weighted by molar-refractivity contribution is 0.134. The second kappa shape index (κ2) is 8.65. The van der Waals surface area contributed by atoms with Crippen LogP contribution in [-0.4, -0.2) is 38.5 Å². The summed E-state index contributed by atoms with van der Waals surface area (Å²) in [6.07, 6.45) is 5.10. The molecule has 0 atom stereocenters. The van der Waals surface area contributed by atoms with E-state index in [2.05, 4.69) is 38.7 Å². The Kier molecular flexibility index (Phi) is 5.49. The van der Waals surface area contributed by atoms with Gasteiger partial charge in [-0.05, 0) is 76.1 Å². The molecule has 0 N–H and O–H groups in total. The fourth-order valence-electron chi connectivity index (χ4n) is 5.45. The van der Waals surface area contributed by atoms with Gasteiger partial charge in [0.2, 0.25) is 0 Å². The van der Waals surface area contributed by atoms with Crippen LogP contribution in [0.15, 0.2) is 76.8 Å². The first-order valence-corrected chi connectivity index (χ1v) is 12.8. The van der Waals surface area contributed by atoms with E-state index in [9.17, 15) is 4.79 Å². The SMILES string of the molecule is COc1cc2c(c3c1OC(C)(C)C3)C(c1ccc(=O)n(-c3cccc(-c4ccccn4)n3)c1)=NC(C)(C)C2. The largest absolute Gasteiger partial charge is 0.493 e. The van der Waals surface area contributed by atoms with Crippen molar-refractivity contribution in [3.05, 3.63) is 99.6 Å².